The molecule has 1 fully saturated rings. The molecule has 1 heterocycles. The molecule has 16 heavy (non-hydrogen) atoms. The summed E-state index contributed by atoms with van der Waals surface area (Å²) >= 11 is 0. The molecule has 0 radical (unpaired) electrons. The quantitative estimate of drug-likeness (QED) is 0.788. The lowest BCUT2D eigenvalue weighted by molar-refractivity contribution is 0.445. The Hall–Kier alpha value is -0.890. The van der Waals surface area contributed by atoms with Crippen LogP contribution < -0.4 is 5.32 Å². The molecular formula is C14H22N2. The van der Waals surface area contributed by atoms with Crippen LogP contribution in [-0.2, 0) is 6.54 Å². The van der Waals surface area contributed by atoms with Gasteiger partial charge in [0.1, 0.15) is 0 Å². The number of aromatic nitrogens is 1. The zero-order valence-electron chi connectivity index (χ0n) is 10.2. The molecule has 2 unspecified atom stereocenters. The number of pyridine rings is 1. The van der Waals surface area contributed by atoms with E-state index in [1.807, 2.05) is 12.3 Å². The first-order chi connectivity index (χ1) is 7.84. The second-order valence-electron chi connectivity index (χ2n) is 5.01. The molecule has 0 bridgehead atoms. The van der Waals surface area contributed by atoms with Crippen molar-refractivity contribution in [1.82, 2.24) is 10.3 Å². The molecule has 0 aromatic carbocycles. The minimum absolute atomic E-state index is 0.701. The molecule has 0 spiro atoms. The fourth-order valence-corrected chi connectivity index (χ4v) is 2.44. The fraction of sp³-hybridized carbons (Fsp3) is 0.643. The Labute approximate surface area is 98.5 Å². The first kappa shape index (κ1) is 11.6. The third-order valence-electron chi connectivity index (χ3n) is 3.56. The summed E-state index contributed by atoms with van der Waals surface area (Å²) in [6.07, 6.45) is 8.68. The molecule has 2 heteroatoms. The summed E-state index contributed by atoms with van der Waals surface area (Å²) in [7, 11) is 0. The summed E-state index contributed by atoms with van der Waals surface area (Å²) in [5, 5.41) is 3.64. The van der Waals surface area contributed by atoms with Gasteiger partial charge in [-0.1, -0.05) is 25.8 Å². The smallest absolute Gasteiger partial charge is 0.0541 e. The molecule has 0 amide bonds. The number of rotatable bonds is 3. The molecule has 88 valence electrons. The fourth-order valence-electron chi connectivity index (χ4n) is 2.44. The van der Waals surface area contributed by atoms with Crippen LogP contribution in [0.1, 0.15) is 44.7 Å². The summed E-state index contributed by atoms with van der Waals surface area (Å²) in [5.74, 6) is 0.918. The maximum absolute atomic E-state index is 4.34. The van der Waals surface area contributed by atoms with Gasteiger partial charge in [0.05, 0.1) is 5.69 Å². The van der Waals surface area contributed by atoms with E-state index >= 15 is 0 Å². The summed E-state index contributed by atoms with van der Waals surface area (Å²) < 4.78 is 0. The molecule has 1 N–H and O–H groups in total. The number of hydrogen-bond acceptors (Lipinski definition) is 2. The lowest BCUT2D eigenvalue weighted by Gasteiger charge is -2.15. The van der Waals surface area contributed by atoms with Crippen LogP contribution in [0.15, 0.2) is 24.4 Å². The zero-order chi connectivity index (χ0) is 11.2. The van der Waals surface area contributed by atoms with Crippen molar-refractivity contribution < 1.29 is 0 Å². The topological polar surface area (TPSA) is 24.9 Å². The first-order valence-electron chi connectivity index (χ1n) is 6.48. The predicted molar refractivity (Wildman–Crippen MR) is 67.1 cm³/mol. The SMILES string of the molecule is CC1CCCC(NCc2ccccn2)CC1. The third kappa shape index (κ3) is 3.60. The average molecular weight is 218 g/mol. The Morgan fingerprint density at radius 1 is 1.25 bits per heavy atom. The summed E-state index contributed by atoms with van der Waals surface area (Å²) in [6, 6.07) is 6.81. The van der Waals surface area contributed by atoms with Crippen molar-refractivity contribution in [2.75, 3.05) is 0 Å². The largest absolute Gasteiger partial charge is 0.308 e. The van der Waals surface area contributed by atoms with Crippen molar-refractivity contribution in [2.45, 2.75) is 51.6 Å². The molecule has 0 aliphatic heterocycles. The monoisotopic (exact) mass is 218 g/mol. The highest BCUT2D eigenvalue weighted by molar-refractivity contribution is 5.03. The van der Waals surface area contributed by atoms with Gasteiger partial charge in [0.15, 0.2) is 0 Å². The second-order valence-corrected chi connectivity index (χ2v) is 5.01. The van der Waals surface area contributed by atoms with E-state index < -0.39 is 0 Å². The van der Waals surface area contributed by atoms with Crippen molar-refractivity contribution in [1.29, 1.82) is 0 Å². The van der Waals surface area contributed by atoms with Crippen LogP contribution in [0.3, 0.4) is 0 Å². The lowest BCUT2D eigenvalue weighted by Crippen LogP contribution is -2.28. The van der Waals surface area contributed by atoms with E-state index in [2.05, 4.69) is 29.4 Å². The van der Waals surface area contributed by atoms with E-state index in [4.69, 9.17) is 0 Å². The van der Waals surface area contributed by atoms with Crippen LogP contribution in [-0.4, -0.2) is 11.0 Å². The van der Waals surface area contributed by atoms with Gasteiger partial charge in [-0.15, -0.1) is 0 Å². The van der Waals surface area contributed by atoms with Crippen LogP contribution in [0.2, 0.25) is 0 Å². The van der Waals surface area contributed by atoms with Gasteiger partial charge in [0.25, 0.3) is 0 Å². The molecule has 1 saturated carbocycles. The van der Waals surface area contributed by atoms with E-state index in [1.54, 1.807) is 0 Å². The molecule has 2 nitrogen and oxygen atoms in total. The Kier molecular flexibility index (Phi) is 4.34. The van der Waals surface area contributed by atoms with Gasteiger partial charge >= 0.3 is 0 Å². The Balaban J connectivity index is 1.77. The molecule has 1 aromatic heterocycles. The summed E-state index contributed by atoms with van der Waals surface area (Å²) in [5.41, 5.74) is 1.15. The van der Waals surface area contributed by atoms with E-state index in [0.717, 1.165) is 18.2 Å². The maximum atomic E-state index is 4.34. The van der Waals surface area contributed by atoms with E-state index in [-0.39, 0.29) is 0 Å². The molecule has 1 aromatic rings. The van der Waals surface area contributed by atoms with Crippen molar-refractivity contribution in [3.05, 3.63) is 30.1 Å². The maximum Gasteiger partial charge on any atom is 0.0541 e. The number of hydrogen-bond donors (Lipinski definition) is 1. The molecule has 1 aliphatic carbocycles. The van der Waals surface area contributed by atoms with E-state index in [9.17, 15) is 0 Å². The van der Waals surface area contributed by atoms with Crippen LogP contribution in [0.25, 0.3) is 0 Å². The first-order valence-corrected chi connectivity index (χ1v) is 6.48. The van der Waals surface area contributed by atoms with Crippen LogP contribution in [0, 0.1) is 5.92 Å². The predicted octanol–water partition coefficient (Wildman–Crippen LogP) is 3.14. The minimum atomic E-state index is 0.701. The Morgan fingerprint density at radius 3 is 3.00 bits per heavy atom. The molecule has 2 rings (SSSR count). The van der Waals surface area contributed by atoms with E-state index in [0.29, 0.717) is 6.04 Å². The van der Waals surface area contributed by atoms with Gasteiger partial charge in [-0.3, -0.25) is 4.98 Å². The van der Waals surface area contributed by atoms with Gasteiger partial charge in [-0.05, 0) is 37.3 Å². The average Bonchev–Trinajstić information content (AvgIpc) is 2.53. The van der Waals surface area contributed by atoms with Crippen molar-refractivity contribution in [2.24, 2.45) is 5.92 Å². The zero-order valence-corrected chi connectivity index (χ0v) is 10.2. The van der Waals surface area contributed by atoms with Crippen molar-refractivity contribution >= 4 is 0 Å². The molecule has 2 atom stereocenters. The highest BCUT2D eigenvalue weighted by Gasteiger charge is 2.15. The van der Waals surface area contributed by atoms with Crippen LogP contribution >= 0.6 is 0 Å². The highest BCUT2D eigenvalue weighted by Crippen LogP contribution is 2.22. The van der Waals surface area contributed by atoms with Crippen LogP contribution in [0.5, 0.6) is 0 Å². The molecule has 0 saturated heterocycles. The normalized spacial score (nSPS) is 26.3. The van der Waals surface area contributed by atoms with E-state index in [1.165, 1.54) is 32.1 Å². The van der Waals surface area contributed by atoms with Crippen molar-refractivity contribution in [3.8, 4) is 0 Å². The summed E-state index contributed by atoms with van der Waals surface area (Å²) in [4.78, 5) is 4.34. The van der Waals surface area contributed by atoms with Crippen LogP contribution in [0.4, 0.5) is 0 Å². The van der Waals surface area contributed by atoms with Gasteiger partial charge in [0, 0.05) is 18.8 Å². The lowest BCUT2D eigenvalue weighted by atomic mass is 10.0. The van der Waals surface area contributed by atoms with Gasteiger partial charge < -0.3 is 5.32 Å². The standard InChI is InChI=1S/C14H22N2/c1-12-5-4-7-13(9-8-12)16-11-14-6-2-3-10-15-14/h2-3,6,10,12-13,16H,4-5,7-9,11H2,1H3. The number of nitrogens with zero attached hydrogens (tertiary/aromatic N) is 1. The Bertz CT molecular complexity index is 297. The molecular weight excluding hydrogens is 196 g/mol. The van der Waals surface area contributed by atoms with Gasteiger partial charge in [-0.2, -0.15) is 0 Å². The van der Waals surface area contributed by atoms with Gasteiger partial charge in [0.2, 0.25) is 0 Å². The molecule has 1 aliphatic rings. The minimum Gasteiger partial charge on any atom is -0.308 e. The Morgan fingerprint density at radius 2 is 2.19 bits per heavy atom. The highest BCUT2D eigenvalue weighted by atomic mass is 14.9. The number of nitrogens with one attached hydrogen (secondary N) is 1. The second kappa shape index (κ2) is 6.00. The van der Waals surface area contributed by atoms with Crippen molar-refractivity contribution in [3.63, 3.8) is 0 Å². The van der Waals surface area contributed by atoms with Gasteiger partial charge in [-0.25, -0.2) is 0 Å². The summed E-state index contributed by atoms with van der Waals surface area (Å²) in [6.45, 7) is 3.29. The third-order valence-corrected chi connectivity index (χ3v) is 3.56.